The van der Waals surface area contributed by atoms with Gasteiger partial charge in [-0.25, -0.2) is 4.79 Å². The van der Waals surface area contributed by atoms with Gasteiger partial charge in [0.05, 0.1) is 18.3 Å². The van der Waals surface area contributed by atoms with Gasteiger partial charge in [0.15, 0.2) is 0 Å². The second-order valence-electron chi connectivity index (χ2n) is 8.21. The van der Waals surface area contributed by atoms with E-state index in [2.05, 4.69) is 5.32 Å². The largest absolute Gasteiger partial charge is 0.462 e. The molecule has 0 aliphatic carbocycles. The normalized spacial score (nSPS) is 15.8. The highest BCUT2D eigenvalue weighted by Gasteiger charge is 2.18. The van der Waals surface area contributed by atoms with Crippen LogP contribution in [0, 0.1) is 25.2 Å². The summed E-state index contributed by atoms with van der Waals surface area (Å²) in [6, 6.07) is 11.2. The van der Waals surface area contributed by atoms with Crippen molar-refractivity contribution in [1.29, 1.82) is 5.26 Å². The van der Waals surface area contributed by atoms with Crippen LogP contribution in [0.25, 0.3) is 11.8 Å². The van der Waals surface area contributed by atoms with Crippen LogP contribution in [0.15, 0.2) is 35.9 Å². The Morgan fingerprint density at radius 3 is 2.70 bits per heavy atom. The van der Waals surface area contributed by atoms with Gasteiger partial charge < -0.3 is 19.4 Å². The van der Waals surface area contributed by atoms with Crippen molar-refractivity contribution in [3.05, 3.63) is 58.4 Å². The van der Waals surface area contributed by atoms with E-state index in [0.29, 0.717) is 25.3 Å². The number of rotatable bonds is 9. The van der Waals surface area contributed by atoms with Gasteiger partial charge >= 0.3 is 5.97 Å². The molecule has 0 saturated carbocycles. The number of hydrogen-bond acceptors (Lipinski definition) is 5. The third-order valence-electron chi connectivity index (χ3n) is 5.74. The van der Waals surface area contributed by atoms with Crippen molar-refractivity contribution in [3.63, 3.8) is 0 Å². The van der Waals surface area contributed by atoms with Gasteiger partial charge in [-0.05, 0) is 75.1 Å². The molecule has 1 N–H and O–H groups in total. The summed E-state index contributed by atoms with van der Waals surface area (Å²) in [5, 5.41) is 12.3. The van der Waals surface area contributed by atoms with Crippen molar-refractivity contribution in [2.45, 2.75) is 52.6 Å². The fraction of sp³-hybridized carbons (Fsp3) is 0.423. The lowest BCUT2D eigenvalue weighted by molar-refractivity contribution is -0.117. The highest BCUT2D eigenvalue weighted by molar-refractivity contribution is 6.01. The number of carbonyl (C=O) groups excluding carboxylic acids is 2. The van der Waals surface area contributed by atoms with Crippen LogP contribution in [0.3, 0.4) is 0 Å². The number of esters is 1. The summed E-state index contributed by atoms with van der Waals surface area (Å²) in [6.45, 7) is 7.49. The molecule has 1 aliphatic rings. The Hall–Kier alpha value is -3.37. The van der Waals surface area contributed by atoms with Crippen LogP contribution in [-0.4, -0.2) is 42.3 Å². The second kappa shape index (κ2) is 11.5. The lowest BCUT2D eigenvalue weighted by atomic mass is 10.1. The summed E-state index contributed by atoms with van der Waals surface area (Å²) in [5.74, 6) is -0.726. The van der Waals surface area contributed by atoms with Crippen LogP contribution >= 0.6 is 0 Å². The second-order valence-corrected chi connectivity index (χ2v) is 8.21. The van der Waals surface area contributed by atoms with Crippen LogP contribution < -0.4 is 5.32 Å². The Morgan fingerprint density at radius 2 is 2.06 bits per heavy atom. The molecule has 33 heavy (non-hydrogen) atoms. The zero-order chi connectivity index (χ0) is 23.8. The van der Waals surface area contributed by atoms with Crippen LogP contribution in [0.4, 0.5) is 0 Å². The maximum atomic E-state index is 12.5. The van der Waals surface area contributed by atoms with E-state index in [0.717, 1.165) is 48.3 Å². The van der Waals surface area contributed by atoms with Crippen molar-refractivity contribution >= 4 is 18.0 Å². The van der Waals surface area contributed by atoms with E-state index in [4.69, 9.17) is 9.47 Å². The number of nitrogens with one attached hydrogen (secondary N) is 1. The van der Waals surface area contributed by atoms with E-state index in [1.165, 1.54) is 0 Å². The van der Waals surface area contributed by atoms with Crippen LogP contribution in [-0.2, 0) is 14.3 Å². The maximum absolute atomic E-state index is 12.5. The third kappa shape index (κ3) is 6.11. The summed E-state index contributed by atoms with van der Waals surface area (Å²) in [5.41, 5.74) is 4.08. The number of benzene rings is 1. The number of unbranched alkanes of at least 4 members (excludes halogenated alkanes) is 1. The molecular weight excluding hydrogens is 418 g/mol. The molecule has 2 aromatic rings. The molecule has 7 heteroatoms. The fourth-order valence-corrected chi connectivity index (χ4v) is 3.88. The molecule has 0 spiro atoms. The first-order valence-corrected chi connectivity index (χ1v) is 11.4. The van der Waals surface area contributed by atoms with Gasteiger partial charge in [0.2, 0.25) is 0 Å². The molecule has 174 valence electrons. The van der Waals surface area contributed by atoms with Gasteiger partial charge in [0.1, 0.15) is 11.6 Å². The first kappa shape index (κ1) is 24.3. The minimum atomic E-state index is -0.399. The third-order valence-corrected chi connectivity index (χ3v) is 5.74. The number of nitriles is 1. The topological polar surface area (TPSA) is 93.4 Å². The molecular formula is C26H31N3O4. The van der Waals surface area contributed by atoms with E-state index >= 15 is 0 Å². The Morgan fingerprint density at radius 1 is 1.30 bits per heavy atom. The lowest BCUT2D eigenvalue weighted by Crippen LogP contribution is -2.32. The number of carbonyl (C=O) groups is 2. The number of amides is 1. The SMILES string of the molecule is CCCCOC(=O)c1ccc(-n2c(C)cc(/C=C(\C#N)C(=O)NC[C@@H]3CCCO3)c2C)cc1. The molecule has 1 saturated heterocycles. The zero-order valence-electron chi connectivity index (χ0n) is 19.5. The van der Waals surface area contributed by atoms with E-state index in [9.17, 15) is 14.9 Å². The van der Waals surface area contributed by atoms with Crippen LogP contribution in [0.5, 0.6) is 0 Å². The molecule has 1 atom stereocenters. The van der Waals surface area contributed by atoms with Crippen molar-refractivity contribution in [1.82, 2.24) is 9.88 Å². The molecule has 1 aromatic heterocycles. The Labute approximate surface area is 195 Å². The average molecular weight is 450 g/mol. The number of ether oxygens (including phenoxy) is 2. The predicted molar refractivity (Wildman–Crippen MR) is 126 cm³/mol. The average Bonchev–Trinajstić information content (AvgIpc) is 3.43. The number of hydrogen-bond donors (Lipinski definition) is 1. The lowest BCUT2D eigenvalue weighted by Gasteiger charge is -2.11. The summed E-state index contributed by atoms with van der Waals surface area (Å²) in [6.07, 6.45) is 5.36. The molecule has 1 amide bonds. The Balaban J connectivity index is 1.75. The first-order valence-electron chi connectivity index (χ1n) is 11.4. The minimum Gasteiger partial charge on any atom is -0.462 e. The maximum Gasteiger partial charge on any atom is 0.338 e. The van der Waals surface area contributed by atoms with Crippen molar-refractivity contribution in [3.8, 4) is 11.8 Å². The number of aryl methyl sites for hydroxylation is 1. The highest BCUT2D eigenvalue weighted by atomic mass is 16.5. The van der Waals surface area contributed by atoms with Gasteiger partial charge in [-0.2, -0.15) is 5.26 Å². The van der Waals surface area contributed by atoms with E-state index < -0.39 is 5.91 Å². The van der Waals surface area contributed by atoms with Gasteiger partial charge in [-0.1, -0.05) is 13.3 Å². The fourth-order valence-electron chi connectivity index (χ4n) is 3.88. The quantitative estimate of drug-likeness (QED) is 0.267. The summed E-state index contributed by atoms with van der Waals surface area (Å²) < 4.78 is 12.8. The van der Waals surface area contributed by atoms with Gasteiger partial charge in [-0.15, -0.1) is 0 Å². The summed E-state index contributed by atoms with van der Waals surface area (Å²) >= 11 is 0. The van der Waals surface area contributed by atoms with Crippen molar-refractivity contribution in [2.24, 2.45) is 0 Å². The molecule has 3 rings (SSSR count). The van der Waals surface area contributed by atoms with Gasteiger partial charge in [0, 0.05) is 30.2 Å². The van der Waals surface area contributed by atoms with Crippen LogP contribution in [0.2, 0.25) is 0 Å². The van der Waals surface area contributed by atoms with Gasteiger partial charge in [-0.3, -0.25) is 4.79 Å². The zero-order valence-corrected chi connectivity index (χ0v) is 19.5. The Bertz CT molecular complexity index is 1050. The van der Waals surface area contributed by atoms with Gasteiger partial charge in [0.25, 0.3) is 5.91 Å². The first-order chi connectivity index (χ1) is 15.9. The van der Waals surface area contributed by atoms with E-state index in [1.54, 1.807) is 18.2 Å². The number of aromatic nitrogens is 1. The Kier molecular flexibility index (Phi) is 8.45. The van der Waals surface area contributed by atoms with Crippen molar-refractivity contribution in [2.75, 3.05) is 19.8 Å². The van der Waals surface area contributed by atoms with E-state index in [1.807, 2.05) is 49.6 Å². The minimum absolute atomic E-state index is 0.0193. The predicted octanol–water partition coefficient (Wildman–Crippen LogP) is 4.25. The monoisotopic (exact) mass is 449 g/mol. The molecule has 0 radical (unpaired) electrons. The highest BCUT2D eigenvalue weighted by Crippen LogP contribution is 2.23. The standard InChI is InChI=1S/C26H31N3O4/c1-4-5-12-33-26(31)20-8-10-23(11-9-20)29-18(2)14-21(19(29)3)15-22(16-27)25(30)28-17-24-7-6-13-32-24/h8-11,14-15,24H,4-7,12-13,17H2,1-3H3,(H,28,30)/b22-15+/t24-/m0/s1. The molecule has 1 aromatic carbocycles. The molecule has 1 aliphatic heterocycles. The smallest absolute Gasteiger partial charge is 0.338 e. The molecule has 1 fully saturated rings. The summed E-state index contributed by atoms with van der Waals surface area (Å²) in [7, 11) is 0. The molecule has 0 bridgehead atoms. The molecule has 2 heterocycles. The molecule has 7 nitrogen and oxygen atoms in total. The van der Waals surface area contributed by atoms with Crippen LogP contribution in [0.1, 0.15) is 59.9 Å². The van der Waals surface area contributed by atoms with E-state index in [-0.39, 0.29) is 17.6 Å². The molecule has 0 unspecified atom stereocenters. The number of nitrogens with zero attached hydrogens (tertiary/aromatic N) is 2. The van der Waals surface area contributed by atoms with Crippen molar-refractivity contribution < 1.29 is 19.1 Å². The summed E-state index contributed by atoms with van der Waals surface area (Å²) in [4.78, 5) is 24.6.